The van der Waals surface area contributed by atoms with Crippen LogP contribution in [0, 0.1) is 5.41 Å². The molecule has 0 radical (unpaired) electrons. The number of ether oxygens (including phenoxy) is 2. The van der Waals surface area contributed by atoms with Crippen molar-refractivity contribution in [3.63, 3.8) is 0 Å². The second-order valence-corrected chi connectivity index (χ2v) is 8.20. The molecule has 3 rings (SSSR count). The maximum Gasteiger partial charge on any atom is 0.246 e. The Morgan fingerprint density at radius 3 is 2.78 bits per heavy atom. The fraction of sp³-hybridized carbons (Fsp3) is 0.810. The van der Waals surface area contributed by atoms with Crippen LogP contribution >= 0.6 is 0 Å². The molecular formula is C21H34N2O4. The van der Waals surface area contributed by atoms with Crippen LogP contribution < -0.4 is 5.32 Å². The lowest BCUT2D eigenvalue weighted by molar-refractivity contribution is -0.128. The summed E-state index contributed by atoms with van der Waals surface area (Å²) >= 11 is 0. The van der Waals surface area contributed by atoms with Gasteiger partial charge >= 0.3 is 0 Å². The molecule has 0 aromatic carbocycles. The molecular weight excluding hydrogens is 344 g/mol. The van der Waals surface area contributed by atoms with E-state index in [-0.39, 0.29) is 23.3 Å². The van der Waals surface area contributed by atoms with Gasteiger partial charge in [0.05, 0.1) is 0 Å². The van der Waals surface area contributed by atoms with E-state index in [9.17, 15) is 9.59 Å². The number of allylic oxidation sites excluding steroid dienone is 1. The minimum absolute atomic E-state index is 0.0485. The average molecular weight is 379 g/mol. The first-order valence-corrected chi connectivity index (χ1v) is 10.5. The summed E-state index contributed by atoms with van der Waals surface area (Å²) in [4.78, 5) is 27.0. The molecule has 1 aliphatic carbocycles. The lowest BCUT2D eigenvalue weighted by Gasteiger charge is -2.33. The van der Waals surface area contributed by atoms with E-state index >= 15 is 0 Å². The molecule has 6 nitrogen and oxygen atoms in total. The quantitative estimate of drug-likeness (QED) is 0.520. The highest BCUT2D eigenvalue weighted by atomic mass is 16.5. The number of carbonyl (C=O) groups excluding carboxylic acids is 2. The largest absolute Gasteiger partial charge is 0.382 e. The topological polar surface area (TPSA) is 67.9 Å². The minimum Gasteiger partial charge on any atom is -0.382 e. The maximum absolute atomic E-state index is 12.9. The van der Waals surface area contributed by atoms with Gasteiger partial charge in [0.1, 0.15) is 0 Å². The van der Waals surface area contributed by atoms with Crippen LogP contribution in [-0.2, 0) is 19.1 Å². The summed E-state index contributed by atoms with van der Waals surface area (Å²) in [6.07, 6.45) is 9.34. The summed E-state index contributed by atoms with van der Waals surface area (Å²) in [5.74, 6) is 0.177. The number of hydrogen-bond acceptors (Lipinski definition) is 4. The van der Waals surface area contributed by atoms with Crippen molar-refractivity contribution < 1.29 is 19.1 Å². The number of likely N-dealkylation sites (tertiary alicyclic amines) is 1. The molecule has 0 bridgehead atoms. The number of nitrogens with one attached hydrogen (secondary N) is 1. The van der Waals surface area contributed by atoms with E-state index in [1.165, 1.54) is 12.0 Å². The highest BCUT2D eigenvalue weighted by Gasteiger charge is 2.46. The highest BCUT2D eigenvalue weighted by Crippen LogP contribution is 2.43. The Hall–Kier alpha value is -1.40. The van der Waals surface area contributed by atoms with Crippen molar-refractivity contribution in [1.82, 2.24) is 10.2 Å². The van der Waals surface area contributed by atoms with Gasteiger partial charge in [-0.15, -0.1) is 0 Å². The number of amides is 2. The van der Waals surface area contributed by atoms with Crippen LogP contribution in [-0.4, -0.2) is 62.3 Å². The van der Waals surface area contributed by atoms with Crippen LogP contribution in [0.5, 0.6) is 0 Å². The molecule has 1 saturated carbocycles. The summed E-state index contributed by atoms with van der Waals surface area (Å²) in [5.41, 5.74) is 1.43. The fourth-order valence-electron chi connectivity index (χ4n) is 4.35. The molecule has 152 valence electrons. The SMILES string of the molecule is CCOCCCC(=O)NCC1CC2(CCOCC2)CN1C(=O)C=C1CCC1. The first-order valence-electron chi connectivity index (χ1n) is 10.5. The molecule has 1 N–H and O–H groups in total. The Morgan fingerprint density at radius 1 is 1.33 bits per heavy atom. The third-order valence-electron chi connectivity index (χ3n) is 6.21. The third kappa shape index (κ3) is 5.55. The molecule has 3 aliphatic rings. The Morgan fingerprint density at radius 2 is 2.11 bits per heavy atom. The Kier molecular flexibility index (Phi) is 7.30. The molecule has 1 spiro atoms. The minimum atomic E-state index is 0.0485. The van der Waals surface area contributed by atoms with Gasteiger partial charge in [0.2, 0.25) is 11.8 Å². The molecule has 0 aromatic heterocycles. The molecule has 1 unspecified atom stereocenters. The van der Waals surface area contributed by atoms with Gasteiger partial charge in [-0.05, 0) is 57.3 Å². The van der Waals surface area contributed by atoms with Crippen LogP contribution in [0.2, 0.25) is 0 Å². The summed E-state index contributed by atoms with van der Waals surface area (Å²) in [5, 5.41) is 3.05. The van der Waals surface area contributed by atoms with Gasteiger partial charge in [-0.2, -0.15) is 0 Å². The van der Waals surface area contributed by atoms with Gasteiger partial charge in [-0.25, -0.2) is 0 Å². The van der Waals surface area contributed by atoms with E-state index in [1.54, 1.807) is 0 Å². The second kappa shape index (κ2) is 9.69. The van der Waals surface area contributed by atoms with Crippen molar-refractivity contribution >= 4 is 11.8 Å². The van der Waals surface area contributed by atoms with Gasteiger partial charge in [-0.3, -0.25) is 9.59 Å². The second-order valence-electron chi connectivity index (χ2n) is 8.20. The van der Waals surface area contributed by atoms with E-state index < -0.39 is 0 Å². The molecule has 3 fully saturated rings. The molecule has 6 heteroatoms. The van der Waals surface area contributed by atoms with Gasteiger partial charge in [0, 0.05) is 58.1 Å². The fourth-order valence-corrected chi connectivity index (χ4v) is 4.35. The lowest BCUT2D eigenvalue weighted by Crippen LogP contribution is -2.43. The first kappa shape index (κ1) is 20.3. The predicted molar refractivity (Wildman–Crippen MR) is 103 cm³/mol. The summed E-state index contributed by atoms with van der Waals surface area (Å²) in [7, 11) is 0. The number of carbonyl (C=O) groups is 2. The predicted octanol–water partition coefficient (Wildman–Crippen LogP) is 2.43. The van der Waals surface area contributed by atoms with Crippen molar-refractivity contribution in [2.24, 2.45) is 5.41 Å². The van der Waals surface area contributed by atoms with Crippen LogP contribution in [0.3, 0.4) is 0 Å². The maximum atomic E-state index is 12.9. The molecule has 1 atom stereocenters. The highest BCUT2D eigenvalue weighted by molar-refractivity contribution is 5.89. The summed E-state index contributed by atoms with van der Waals surface area (Å²) in [6.45, 7) is 6.15. The van der Waals surface area contributed by atoms with Crippen LogP contribution in [0.25, 0.3) is 0 Å². The van der Waals surface area contributed by atoms with Crippen molar-refractivity contribution in [1.29, 1.82) is 0 Å². The van der Waals surface area contributed by atoms with Crippen molar-refractivity contribution in [3.8, 4) is 0 Å². The van der Waals surface area contributed by atoms with Gasteiger partial charge in [0.25, 0.3) is 0 Å². The van der Waals surface area contributed by atoms with Gasteiger partial charge in [0.15, 0.2) is 0 Å². The van der Waals surface area contributed by atoms with Crippen molar-refractivity contribution in [3.05, 3.63) is 11.6 Å². The van der Waals surface area contributed by atoms with Gasteiger partial charge < -0.3 is 19.7 Å². The molecule has 0 aromatic rings. The summed E-state index contributed by atoms with van der Waals surface area (Å²) in [6, 6.07) is 0.0865. The Bertz CT molecular complexity index is 548. The van der Waals surface area contributed by atoms with Crippen LogP contribution in [0.1, 0.15) is 58.3 Å². The number of hydrogen-bond donors (Lipinski definition) is 1. The first-order chi connectivity index (χ1) is 13.1. The molecule has 2 amide bonds. The smallest absolute Gasteiger partial charge is 0.246 e. The van der Waals surface area contributed by atoms with E-state index in [2.05, 4.69) is 5.32 Å². The zero-order valence-corrected chi connectivity index (χ0v) is 16.6. The number of rotatable bonds is 8. The van der Waals surface area contributed by atoms with Crippen molar-refractivity contribution in [2.75, 3.05) is 39.5 Å². The zero-order valence-electron chi connectivity index (χ0n) is 16.6. The third-order valence-corrected chi connectivity index (χ3v) is 6.21. The summed E-state index contributed by atoms with van der Waals surface area (Å²) < 4.78 is 10.8. The standard InChI is InChI=1S/C21H34N2O4/c1-2-26-10-4-7-19(24)22-15-18-14-21(8-11-27-12-9-21)16-23(18)20(25)13-17-5-3-6-17/h13,18H,2-12,14-16H2,1H3,(H,22,24). The van der Waals surface area contributed by atoms with E-state index in [0.29, 0.717) is 26.2 Å². The normalized spacial score (nSPS) is 24.0. The Labute approximate surface area is 162 Å². The van der Waals surface area contributed by atoms with E-state index in [0.717, 1.165) is 58.3 Å². The van der Waals surface area contributed by atoms with Crippen molar-refractivity contribution in [2.45, 2.75) is 64.3 Å². The van der Waals surface area contributed by atoms with Gasteiger partial charge in [-0.1, -0.05) is 5.57 Å². The monoisotopic (exact) mass is 378 g/mol. The number of nitrogens with zero attached hydrogens (tertiary/aromatic N) is 1. The lowest BCUT2D eigenvalue weighted by atomic mass is 9.78. The molecule has 27 heavy (non-hydrogen) atoms. The van der Waals surface area contributed by atoms with Crippen LogP contribution in [0.4, 0.5) is 0 Å². The van der Waals surface area contributed by atoms with E-state index in [4.69, 9.17) is 9.47 Å². The van der Waals surface area contributed by atoms with Crippen LogP contribution in [0.15, 0.2) is 11.6 Å². The van der Waals surface area contributed by atoms with E-state index in [1.807, 2.05) is 17.9 Å². The molecule has 2 heterocycles. The molecule has 2 saturated heterocycles. The molecule has 2 aliphatic heterocycles. The average Bonchev–Trinajstić information content (AvgIpc) is 2.98. The zero-order chi connectivity index (χ0) is 19.1. The Balaban J connectivity index is 1.55.